The fourth-order valence-electron chi connectivity index (χ4n) is 2.05. The van der Waals surface area contributed by atoms with Crippen molar-refractivity contribution < 1.29 is 14.6 Å². The number of ether oxygens (including phenoxy) is 1. The van der Waals surface area contributed by atoms with Crippen LogP contribution in [0.1, 0.15) is 27.2 Å². The first-order chi connectivity index (χ1) is 7.15. The second kappa shape index (κ2) is 5.52. The van der Waals surface area contributed by atoms with Gasteiger partial charge in [-0.2, -0.15) is 0 Å². The van der Waals surface area contributed by atoms with Gasteiger partial charge in [-0.15, -0.1) is 0 Å². The lowest BCUT2D eigenvalue weighted by molar-refractivity contribution is -0.144. The molecule has 3 nitrogen and oxygen atoms in total. The molecule has 4 heteroatoms. The van der Waals surface area contributed by atoms with Gasteiger partial charge >= 0.3 is 5.97 Å². The van der Waals surface area contributed by atoms with Gasteiger partial charge in [0.05, 0.1) is 27.4 Å². The molecule has 0 aromatic carbocycles. The summed E-state index contributed by atoms with van der Waals surface area (Å²) in [7, 11) is -1.61. The smallest absolute Gasteiger partial charge is 0.306 e. The third kappa shape index (κ3) is 4.39. The van der Waals surface area contributed by atoms with Crippen LogP contribution in [0.25, 0.3) is 0 Å². The van der Waals surface area contributed by atoms with E-state index in [0.29, 0.717) is 13.0 Å². The maximum Gasteiger partial charge on any atom is 0.306 e. The van der Waals surface area contributed by atoms with Gasteiger partial charge in [-0.05, 0) is 17.5 Å². The van der Waals surface area contributed by atoms with E-state index < -0.39 is 8.07 Å². The second-order valence-corrected chi connectivity index (χ2v) is 10.7. The van der Waals surface area contributed by atoms with Gasteiger partial charge in [0.25, 0.3) is 0 Å². The van der Waals surface area contributed by atoms with Crippen molar-refractivity contribution in [3.8, 4) is 0 Å². The van der Waals surface area contributed by atoms with Crippen molar-refractivity contribution in [2.24, 2.45) is 5.41 Å². The van der Waals surface area contributed by atoms with Crippen LogP contribution in [0.3, 0.4) is 0 Å². The van der Waals surface area contributed by atoms with E-state index in [-0.39, 0.29) is 11.4 Å². The number of hydrogen-bond donors (Lipinski definition) is 1. The molecule has 0 aliphatic rings. The van der Waals surface area contributed by atoms with E-state index in [2.05, 4.69) is 19.6 Å². The van der Waals surface area contributed by atoms with E-state index in [0.717, 1.165) is 5.20 Å². The van der Waals surface area contributed by atoms with Crippen molar-refractivity contribution in [3.63, 3.8) is 0 Å². The predicted molar refractivity (Wildman–Crippen MR) is 69.1 cm³/mol. The molecule has 0 atom stereocenters. The molecular formula is C12H24O3Si. The Hall–Kier alpha value is -0.773. The highest BCUT2D eigenvalue weighted by Crippen LogP contribution is 2.36. The van der Waals surface area contributed by atoms with Crippen LogP contribution in [0, 0.1) is 5.41 Å². The largest absolute Gasteiger partial charge is 0.516 e. The summed E-state index contributed by atoms with van der Waals surface area (Å²) in [4.78, 5) is 11.5. The highest BCUT2D eigenvalue weighted by atomic mass is 28.3. The van der Waals surface area contributed by atoms with Crippen molar-refractivity contribution in [2.75, 3.05) is 6.61 Å². The number of esters is 1. The molecule has 0 aromatic heterocycles. The van der Waals surface area contributed by atoms with Gasteiger partial charge < -0.3 is 9.84 Å². The Kier molecular flexibility index (Phi) is 5.26. The molecule has 0 spiro atoms. The van der Waals surface area contributed by atoms with Crippen molar-refractivity contribution in [2.45, 2.75) is 46.8 Å². The van der Waals surface area contributed by atoms with E-state index in [1.165, 1.54) is 6.26 Å². The molecule has 0 aliphatic carbocycles. The van der Waals surface area contributed by atoms with Crippen LogP contribution >= 0.6 is 0 Å². The van der Waals surface area contributed by atoms with Crippen LogP contribution in [0.5, 0.6) is 0 Å². The molecule has 1 N–H and O–H groups in total. The standard InChI is InChI=1S/C12H24O3Si/c1-7-15-11(14)8-12(2,3)10(9-13)16(4,5)6/h9,13H,7-8H2,1-6H3. The number of rotatable bonds is 5. The Morgan fingerprint density at radius 1 is 1.38 bits per heavy atom. The van der Waals surface area contributed by atoms with Crippen LogP contribution in [-0.4, -0.2) is 25.8 Å². The summed E-state index contributed by atoms with van der Waals surface area (Å²) >= 11 is 0. The fraction of sp³-hybridized carbons (Fsp3) is 0.750. The molecule has 94 valence electrons. The Bertz CT molecular complexity index is 274. The number of carbonyl (C=O) groups excluding carboxylic acids is 1. The lowest BCUT2D eigenvalue weighted by Gasteiger charge is -2.34. The fourth-order valence-corrected chi connectivity index (χ4v) is 4.56. The maximum absolute atomic E-state index is 11.5. The molecule has 0 aromatic rings. The number of aliphatic hydroxyl groups is 1. The summed E-state index contributed by atoms with van der Waals surface area (Å²) in [6.45, 7) is 12.6. The van der Waals surface area contributed by atoms with E-state index in [4.69, 9.17) is 4.74 Å². The highest BCUT2D eigenvalue weighted by molar-refractivity contribution is 6.83. The Morgan fingerprint density at radius 2 is 1.88 bits per heavy atom. The van der Waals surface area contributed by atoms with Gasteiger partial charge in [0.1, 0.15) is 0 Å². The average Bonchev–Trinajstić information content (AvgIpc) is 1.99. The molecule has 0 unspecified atom stereocenters. The molecule has 0 aliphatic heterocycles. The van der Waals surface area contributed by atoms with Gasteiger partial charge in [0.2, 0.25) is 0 Å². The Balaban J connectivity index is 4.83. The van der Waals surface area contributed by atoms with E-state index in [1.54, 1.807) is 6.92 Å². The molecule has 0 rings (SSSR count). The van der Waals surface area contributed by atoms with Crippen LogP contribution in [0.2, 0.25) is 19.6 Å². The van der Waals surface area contributed by atoms with Crippen molar-refractivity contribution in [3.05, 3.63) is 11.5 Å². The first kappa shape index (κ1) is 15.2. The van der Waals surface area contributed by atoms with E-state index in [1.807, 2.05) is 13.8 Å². The van der Waals surface area contributed by atoms with Crippen molar-refractivity contribution in [1.29, 1.82) is 0 Å². The quantitative estimate of drug-likeness (QED) is 0.458. The molecule has 16 heavy (non-hydrogen) atoms. The Labute approximate surface area is 99.5 Å². The third-order valence-electron chi connectivity index (χ3n) is 2.56. The highest BCUT2D eigenvalue weighted by Gasteiger charge is 2.35. The average molecular weight is 244 g/mol. The van der Waals surface area contributed by atoms with Crippen LogP contribution in [-0.2, 0) is 9.53 Å². The predicted octanol–water partition coefficient (Wildman–Crippen LogP) is 3.29. The summed E-state index contributed by atoms with van der Waals surface area (Å²) in [6.07, 6.45) is 1.50. The van der Waals surface area contributed by atoms with Gasteiger partial charge in [-0.3, -0.25) is 4.79 Å². The maximum atomic E-state index is 11.5. The molecule has 0 saturated heterocycles. The van der Waals surface area contributed by atoms with Gasteiger partial charge in [-0.25, -0.2) is 0 Å². The zero-order valence-electron chi connectivity index (χ0n) is 11.3. The monoisotopic (exact) mass is 244 g/mol. The zero-order chi connectivity index (χ0) is 13.0. The SMILES string of the molecule is CCOC(=O)CC(C)(C)C(=CO)[Si](C)(C)C. The zero-order valence-corrected chi connectivity index (χ0v) is 12.3. The number of allylic oxidation sites excluding steroid dienone is 1. The lowest BCUT2D eigenvalue weighted by Crippen LogP contribution is -2.35. The molecule has 0 amide bonds. The molecule has 0 saturated carbocycles. The minimum Gasteiger partial charge on any atom is -0.516 e. The molecule has 0 fully saturated rings. The molecular weight excluding hydrogens is 220 g/mol. The van der Waals surface area contributed by atoms with Crippen molar-refractivity contribution in [1.82, 2.24) is 0 Å². The van der Waals surface area contributed by atoms with E-state index in [9.17, 15) is 9.90 Å². The van der Waals surface area contributed by atoms with Gasteiger partial charge in [-0.1, -0.05) is 33.5 Å². The first-order valence-corrected chi connectivity index (χ1v) is 9.16. The Morgan fingerprint density at radius 3 is 2.19 bits per heavy atom. The summed E-state index contributed by atoms with van der Waals surface area (Å²) in [5.41, 5.74) is -0.328. The summed E-state index contributed by atoms with van der Waals surface area (Å²) in [5, 5.41) is 10.4. The minimum absolute atomic E-state index is 0.204. The third-order valence-corrected chi connectivity index (χ3v) is 4.98. The number of carbonyl (C=O) groups is 1. The summed E-state index contributed by atoms with van der Waals surface area (Å²) < 4.78 is 4.95. The molecule has 0 heterocycles. The summed E-state index contributed by atoms with van der Waals surface area (Å²) in [6, 6.07) is 0. The van der Waals surface area contributed by atoms with Crippen LogP contribution < -0.4 is 0 Å². The number of hydrogen-bond acceptors (Lipinski definition) is 3. The normalized spacial score (nSPS) is 13.8. The minimum atomic E-state index is -1.61. The molecule has 0 bridgehead atoms. The topological polar surface area (TPSA) is 46.5 Å². The van der Waals surface area contributed by atoms with Gasteiger partial charge in [0, 0.05) is 0 Å². The van der Waals surface area contributed by atoms with Crippen molar-refractivity contribution >= 4 is 14.0 Å². The summed E-state index contributed by atoms with van der Waals surface area (Å²) in [5.74, 6) is -0.204. The van der Waals surface area contributed by atoms with Gasteiger partial charge in [0.15, 0.2) is 0 Å². The van der Waals surface area contributed by atoms with E-state index >= 15 is 0 Å². The second-order valence-electron chi connectivity index (χ2n) is 5.66. The van der Waals surface area contributed by atoms with Crippen LogP contribution in [0.4, 0.5) is 0 Å². The van der Waals surface area contributed by atoms with Crippen LogP contribution in [0.15, 0.2) is 11.5 Å². The first-order valence-electron chi connectivity index (χ1n) is 5.66. The lowest BCUT2D eigenvalue weighted by atomic mass is 9.89. The number of aliphatic hydroxyl groups excluding tert-OH is 1. The molecule has 0 radical (unpaired) electrons.